The number of ether oxygens (including phenoxy) is 2. The Hall–Kier alpha value is -1.33. The maximum atomic E-state index is 12.9. The molecule has 1 fully saturated rings. The van der Waals surface area contributed by atoms with Crippen molar-refractivity contribution < 1.29 is 39.8 Å². The molecule has 1 saturated heterocycles. The Labute approximate surface area is 432 Å². The van der Waals surface area contributed by atoms with Gasteiger partial charge in [0.25, 0.3) is 0 Å². The summed E-state index contributed by atoms with van der Waals surface area (Å²) in [5.74, 6) is -0.177. The van der Waals surface area contributed by atoms with E-state index in [0.29, 0.717) is 6.42 Å². The number of amides is 1. The highest BCUT2D eigenvalue weighted by Crippen LogP contribution is 2.23. The summed E-state index contributed by atoms with van der Waals surface area (Å²) in [4.78, 5) is 12.9. The van der Waals surface area contributed by atoms with E-state index in [-0.39, 0.29) is 12.5 Å². The molecule has 0 radical (unpaired) electrons. The molecule has 70 heavy (non-hydrogen) atoms. The molecule has 414 valence electrons. The minimum Gasteiger partial charge on any atom is -0.394 e. The van der Waals surface area contributed by atoms with E-state index < -0.39 is 49.5 Å². The number of unbranched alkanes of at least 4 members (excludes halogenated alkanes) is 41. The van der Waals surface area contributed by atoms with Crippen molar-refractivity contribution in [3.63, 3.8) is 0 Å². The van der Waals surface area contributed by atoms with Crippen LogP contribution in [0.4, 0.5) is 0 Å². The summed E-state index contributed by atoms with van der Waals surface area (Å²) in [5, 5.41) is 54.0. The van der Waals surface area contributed by atoms with Crippen molar-refractivity contribution >= 4 is 5.91 Å². The molecule has 0 saturated carbocycles. The van der Waals surface area contributed by atoms with Crippen LogP contribution in [0.2, 0.25) is 0 Å². The zero-order valence-corrected chi connectivity index (χ0v) is 46.0. The normalized spacial score (nSPS) is 19.4. The summed E-state index contributed by atoms with van der Waals surface area (Å²) in [6, 6.07) is -0.798. The van der Waals surface area contributed by atoms with Crippen molar-refractivity contribution in [1.82, 2.24) is 5.32 Å². The highest BCUT2D eigenvalue weighted by molar-refractivity contribution is 5.76. The topological polar surface area (TPSA) is 149 Å². The van der Waals surface area contributed by atoms with Crippen LogP contribution in [0, 0.1) is 0 Å². The largest absolute Gasteiger partial charge is 0.394 e. The highest BCUT2D eigenvalue weighted by atomic mass is 16.7. The Balaban J connectivity index is 1.91. The maximum absolute atomic E-state index is 12.9. The fourth-order valence-corrected chi connectivity index (χ4v) is 9.92. The minimum atomic E-state index is -1.56. The molecule has 0 aromatic rings. The van der Waals surface area contributed by atoms with Crippen LogP contribution in [0.15, 0.2) is 24.3 Å². The zero-order valence-electron chi connectivity index (χ0n) is 46.0. The molecule has 0 aromatic carbocycles. The van der Waals surface area contributed by atoms with Gasteiger partial charge in [-0.25, -0.2) is 0 Å². The summed E-state index contributed by atoms with van der Waals surface area (Å²) >= 11 is 0. The Kier molecular flexibility index (Phi) is 48.7. The Morgan fingerprint density at radius 1 is 0.471 bits per heavy atom. The van der Waals surface area contributed by atoms with E-state index in [1.54, 1.807) is 6.08 Å². The molecule has 7 unspecified atom stereocenters. The van der Waals surface area contributed by atoms with Gasteiger partial charge in [-0.05, 0) is 44.9 Å². The van der Waals surface area contributed by atoms with Gasteiger partial charge < -0.3 is 40.3 Å². The van der Waals surface area contributed by atoms with Crippen LogP contribution in [-0.4, -0.2) is 87.5 Å². The van der Waals surface area contributed by atoms with Gasteiger partial charge in [0.2, 0.25) is 5.91 Å². The first-order chi connectivity index (χ1) is 34.3. The number of hydrogen-bond donors (Lipinski definition) is 6. The van der Waals surface area contributed by atoms with Crippen LogP contribution in [0.5, 0.6) is 0 Å². The van der Waals surface area contributed by atoms with E-state index in [1.807, 2.05) is 6.08 Å². The predicted molar refractivity (Wildman–Crippen MR) is 295 cm³/mol. The van der Waals surface area contributed by atoms with Crippen LogP contribution in [0.25, 0.3) is 0 Å². The van der Waals surface area contributed by atoms with Gasteiger partial charge in [-0.15, -0.1) is 0 Å². The number of aliphatic hydroxyl groups excluding tert-OH is 5. The van der Waals surface area contributed by atoms with Gasteiger partial charge in [-0.1, -0.05) is 276 Å². The molecule has 0 aromatic heterocycles. The second kappa shape index (κ2) is 51.2. The van der Waals surface area contributed by atoms with Crippen molar-refractivity contribution in [2.24, 2.45) is 0 Å². The molecule has 9 nitrogen and oxygen atoms in total. The molecule has 1 rings (SSSR count). The van der Waals surface area contributed by atoms with Crippen molar-refractivity contribution in [2.45, 2.75) is 346 Å². The van der Waals surface area contributed by atoms with E-state index >= 15 is 0 Å². The number of allylic oxidation sites excluding steroid dienone is 3. The van der Waals surface area contributed by atoms with E-state index in [2.05, 4.69) is 31.3 Å². The van der Waals surface area contributed by atoms with Crippen LogP contribution in [-0.2, 0) is 14.3 Å². The summed E-state index contributed by atoms with van der Waals surface area (Å²) in [7, 11) is 0. The van der Waals surface area contributed by atoms with E-state index in [1.165, 1.54) is 238 Å². The fraction of sp³-hybridized carbons (Fsp3) is 0.918. The Bertz CT molecular complexity index is 1150. The maximum Gasteiger partial charge on any atom is 0.220 e. The van der Waals surface area contributed by atoms with E-state index in [0.717, 1.165) is 44.9 Å². The summed E-state index contributed by atoms with van der Waals surface area (Å²) in [6.45, 7) is 3.71. The molecule has 7 atom stereocenters. The number of hydrogen-bond acceptors (Lipinski definition) is 8. The number of carbonyl (C=O) groups is 1. The van der Waals surface area contributed by atoms with Crippen LogP contribution >= 0.6 is 0 Å². The first-order valence-corrected chi connectivity index (χ1v) is 30.6. The number of rotatable bonds is 53. The Morgan fingerprint density at radius 2 is 0.800 bits per heavy atom. The van der Waals surface area contributed by atoms with Crippen molar-refractivity contribution in [2.75, 3.05) is 13.2 Å². The van der Waals surface area contributed by atoms with Gasteiger partial charge >= 0.3 is 0 Å². The fourth-order valence-electron chi connectivity index (χ4n) is 9.92. The standard InChI is InChI=1S/C61H117NO8/c1-3-5-7-9-11-12-13-14-15-16-17-18-19-20-21-22-23-24-25-26-27-28-29-30-31-32-33-34-35-36-37-38-39-40-41-42-43-44-45-47-49-51-57(65)62-54(55(64)50-48-46-10-8-6-4-2)53-69-61-60(68)59(67)58(66)56(52-63)70-61/h16-17,48,50,54-56,58-61,63-64,66-68H,3-15,18-47,49,51-53H2,1-2H3,(H,62,65)/b17-16-,50-48+. The quantitative estimate of drug-likeness (QED) is 0.0261. The monoisotopic (exact) mass is 992 g/mol. The molecule has 0 bridgehead atoms. The number of aliphatic hydroxyl groups is 5. The first kappa shape index (κ1) is 66.7. The molecule has 9 heteroatoms. The van der Waals surface area contributed by atoms with Crippen LogP contribution in [0.3, 0.4) is 0 Å². The molecule has 1 aliphatic rings. The highest BCUT2D eigenvalue weighted by Gasteiger charge is 2.44. The lowest BCUT2D eigenvalue weighted by molar-refractivity contribution is -0.302. The van der Waals surface area contributed by atoms with Crippen LogP contribution in [0.1, 0.15) is 303 Å². The average Bonchev–Trinajstić information content (AvgIpc) is 3.36. The SMILES string of the molecule is CCCCCC/C=C/C(O)C(COC1OC(CO)C(O)C(O)C1O)NC(=O)CCCCCCCCCCCCCCCCCCCCCCCCCCCCCCC/C=C\CCCCCCCCCC. The van der Waals surface area contributed by atoms with Gasteiger partial charge in [0.1, 0.15) is 24.4 Å². The zero-order chi connectivity index (χ0) is 50.8. The summed E-state index contributed by atoms with van der Waals surface area (Å²) < 4.78 is 11.2. The first-order valence-electron chi connectivity index (χ1n) is 30.6. The number of carbonyl (C=O) groups excluding carboxylic acids is 1. The molecule has 1 heterocycles. The lowest BCUT2D eigenvalue weighted by Crippen LogP contribution is -2.60. The third-order valence-electron chi connectivity index (χ3n) is 14.8. The van der Waals surface area contributed by atoms with E-state index in [9.17, 15) is 30.3 Å². The second-order valence-electron chi connectivity index (χ2n) is 21.5. The second-order valence-corrected chi connectivity index (χ2v) is 21.5. The number of nitrogens with one attached hydrogen (secondary N) is 1. The van der Waals surface area contributed by atoms with Crippen molar-refractivity contribution in [1.29, 1.82) is 0 Å². The van der Waals surface area contributed by atoms with Gasteiger partial charge in [-0.3, -0.25) is 4.79 Å². The predicted octanol–water partition coefficient (Wildman–Crippen LogP) is 15.4. The third-order valence-corrected chi connectivity index (χ3v) is 14.8. The Morgan fingerprint density at radius 3 is 1.17 bits per heavy atom. The molecule has 0 aliphatic carbocycles. The van der Waals surface area contributed by atoms with Gasteiger partial charge in [0, 0.05) is 6.42 Å². The molecule has 1 amide bonds. The van der Waals surface area contributed by atoms with Gasteiger partial charge in [0.15, 0.2) is 6.29 Å². The summed E-state index contributed by atoms with van der Waals surface area (Å²) in [6.07, 6.45) is 59.2. The van der Waals surface area contributed by atoms with E-state index in [4.69, 9.17) is 9.47 Å². The lowest BCUT2D eigenvalue weighted by Gasteiger charge is -2.40. The van der Waals surface area contributed by atoms with Crippen molar-refractivity contribution in [3.05, 3.63) is 24.3 Å². The minimum absolute atomic E-state index is 0.177. The lowest BCUT2D eigenvalue weighted by atomic mass is 9.99. The molecular weight excluding hydrogens is 875 g/mol. The molecular formula is C61H117NO8. The summed E-state index contributed by atoms with van der Waals surface area (Å²) in [5.41, 5.74) is 0. The van der Waals surface area contributed by atoms with Gasteiger partial charge in [-0.2, -0.15) is 0 Å². The average molecular weight is 993 g/mol. The molecule has 0 spiro atoms. The van der Waals surface area contributed by atoms with Crippen LogP contribution < -0.4 is 5.32 Å². The molecule has 6 N–H and O–H groups in total. The van der Waals surface area contributed by atoms with Gasteiger partial charge in [0.05, 0.1) is 25.4 Å². The third kappa shape index (κ3) is 40.1. The van der Waals surface area contributed by atoms with Crippen molar-refractivity contribution in [3.8, 4) is 0 Å². The molecule has 1 aliphatic heterocycles. The smallest absolute Gasteiger partial charge is 0.220 e.